The molecule has 2 N–H and O–H groups in total. The van der Waals surface area contributed by atoms with Crippen LogP contribution in [0.5, 0.6) is 0 Å². The third-order valence-electron chi connectivity index (χ3n) is 2.82. The van der Waals surface area contributed by atoms with E-state index in [1.54, 1.807) is 18.9 Å². The highest BCUT2D eigenvalue weighted by Gasteiger charge is 2.19. The molecule has 21 heavy (non-hydrogen) atoms. The summed E-state index contributed by atoms with van der Waals surface area (Å²) in [5, 5.41) is 11.6. The van der Waals surface area contributed by atoms with Gasteiger partial charge in [-0.3, -0.25) is 4.79 Å². The fourth-order valence-electron chi connectivity index (χ4n) is 1.73. The highest BCUT2D eigenvalue weighted by Crippen LogP contribution is 2.17. The lowest BCUT2D eigenvalue weighted by molar-refractivity contribution is -0.142. The lowest BCUT2D eigenvalue weighted by Gasteiger charge is -2.14. The number of carbonyl (C=O) groups excluding carboxylic acids is 1. The van der Waals surface area contributed by atoms with E-state index in [0.29, 0.717) is 31.6 Å². The Morgan fingerprint density at radius 3 is 2.67 bits per heavy atom. The summed E-state index contributed by atoms with van der Waals surface area (Å²) in [6.45, 7) is 0.490. The van der Waals surface area contributed by atoms with Gasteiger partial charge in [-0.2, -0.15) is 0 Å². The number of aliphatic carboxylic acids is 1. The van der Waals surface area contributed by atoms with E-state index in [0.717, 1.165) is 4.90 Å². The largest absolute Gasteiger partial charge is 0.480 e. The number of carboxylic acids is 1. The number of hydrogen-bond acceptors (Lipinski definition) is 4. The number of hydrogen-bond donors (Lipinski definition) is 2. The van der Waals surface area contributed by atoms with Crippen molar-refractivity contribution in [1.82, 2.24) is 5.32 Å². The first-order chi connectivity index (χ1) is 10.1. The van der Waals surface area contributed by atoms with Crippen LogP contribution >= 0.6 is 11.8 Å². The second kappa shape index (κ2) is 10.2. The first-order valence-corrected chi connectivity index (χ1v) is 7.81. The minimum atomic E-state index is -1.00. The molecule has 1 rings (SSSR count). The SMILES string of the molecule is COCCCC(NC(=O)CCSc1ccccc1)C(=O)O. The van der Waals surface area contributed by atoms with Crippen molar-refractivity contribution >= 4 is 23.6 Å². The lowest BCUT2D eigenvalue weighted by Crippen LogP contribution is -2.41. The molecule has 0 aromatic heterocycles. The summed E-state index contributed by atoms with van der Waals surface area (Å²) in [5.74, 6) is -0.612. The van der Waals surface area contributed by atoms with Crippen molar-refractivity contribution in [3.05, 3.63) is 30.3 Å². The van der Waals surface area contributed by atoms with Crippen molar-refractivity contribution in [3.8, 4) is 0 Å². The summed E-state index contributed by atoms with van der Waals surface area (Å²) in [6.07, 6.45) is 1.28. The summed E-state index contributed by atoms with van der Waals surface area (Å²) in [4.78, 5) is 23.9. The predicted molar refractivity (Wildman–Crippen MR) is 82.5 cm³/mol. The molecule has 5 nitrogen and oxygen atoms in total. The Morgan fingerprint density at radius 1 is 1.33 bits per heavy atom. The van der Waals surface area contributed by atoms with Crippen molar-refractivity contribution in [3.63, 3.8) is 0 Å². The highest BCUT2D eigenvalue weighted by atomic mass is 32.2. The quantitative estimate of drug-likeness (QED) is 0.511. The molecule has 1 aromatic rings. The van der Waals surface area contributed by atoms with Gasteiger partial charge in [-0.1, -0.05) is 18.2 Å². The Balaban J connectivity index is 2.28. The molecule has 0 aliphatic rings. The van der Waals surface area contributed by atoms with Crippen molar-refractivity contribution in [1.29, 1.82) is 0 Å². The summed E-state index contributed by atoms with van der Waals surface area (Å²) in [6, 6.07) is 8.95. The topological polar surface area (TPSA) is 75.6 Å². The van der Waals surface area contributed by atoms with Crippen LogP contribution in [0.4, 0.5) is 0 Å². The van der Waals surface area contributed by atoms with Crippen LogP contribution in [-0.2, 0) is 14.3 Å². The molecular weight excluding hydrogens is 290 g/mol. The predicted octanol–water partition coefficient (Wildman–Crippen LogP) is 2.16. The number of thioether (sulfide) groups is 1. The Kier molecular flexibility index (Phi) is 8.54. The maximum atomic E-state index is 11.8. The number of amides is 1. The first-order valence-electron chi connectivity index (χ1n) is 6.82. The lowest BCUT2D eigenvalue weighted by atomic mass is 10.1. The molecule has 1 aromatic carbocycles. The summed E-state index contributed by atoms with van der Waals surface area (Å²) in [5.41, 5.74) is 0. The summed E-state index contributed by atoms with van der Waals surface area (Å²) in [7, 11) is 1.56. The van der Waals surface area contributed by atoms with Crippen molar-refractivity contribution < 1.29 is 19.4 Å². The maximum Gasteiger partial charge on any atom is 0.326 e. The van der Waals surface area contributed by atoms with E-state index in [1.165, 1.54) is 0 Å². The van der Waals surface area contributed by atoms with E-state index in [2.05, 4.69) is 5.32 Å². The molecule has 6 heteroatoms. The van der Waals surface area contributed by atoms with E-state index in [-0.39, 0.29) is 5.91 Å². The molecule has 0 radical (unpaired) electrons. The molecule has 0 aliphatic heterocycles. The molecular formula is C15H21NO4S. The Morgan fingerprint density at radius 2 is 2.05 bits per heavy atom. The number of benzene rings is 1. The van der Waals surface area contributed by atoms with E-state index < -0.39 is 12.0 Å². The number of ether oxygens (including phenoxy) is 1. The van der Waals surface area contributed by atoms with Gasteiger partial charge in [0.1, 0.15) is 6.04 Å². The third-order valence-corrected chi connectivity index (χ3v) is 3.83. The third kappa shape index (κ3) is 7.72. The van der Waals surface area contributed by atoms with E-state index in [9.17, 15) is 9.59 Å². The second-order valence-electron chi connectivity index (χ2n) is 4.50. The fraction of sp³-hybridized carbons (Fsp3) is 0.467. The molecule has 0 fully saturated rings. The zero-order chi connectivity index (χ0) is 15.5. The van der Waals surface area contributed by atoms with Crippen molar-refractivity contribution in [2.45, 2.75) is 30.2 Å². The van der Waals surface area contributed by atoms with E-state index in [4.69, 9.17) is 9.84 Å². The number of rotatable bonds is 10. The first kappa shape index (κ1) is 17.5. The van der Waals surface area contributed by atoms with Crippen LogP contribution < -0.4 is 5.32 Å². The van der Waals surface area contributed by atoms with Crippen LogP contribution in [-0.4, -0.2) is 42.5 Å². The normalized spacial score (nSPS) is 11.9. The van der Waals surface area contributed by atoms with Crippen molar-refractivity contribution in [2.75, 3.05) is 19.5 Å². The average Bonchev–Trinajstić information content (AvgIpc) is 2.47. The van der Waals surface area contributed by atoms with Gasteiger partial charge in [0.25, 0.3) is 0 Å². The summed E-state index contributed by atoms with van der Waals surface area (Å²) >= 11 is 1.58. The highest BCUT2D eigenvalue weighted by molar-refractivity contribution is 7.99. The minimum Gasteiger partial charge on any atom is -0.480 e. The molecule has 1 atom stereocenters. The number of carbonyl (C=O) groups is 2. The van der Waals surface area contributed by atoms with Gasteiger partial charge in [0.15, 0.2) is 0 Å². The second-order valence-corrected chi connectivity index (χ2v) is 5.67. The average molecular weight is 311 g/mol. The molecule has 0 saturated heterocycles. The zero-order valence-corrected chi connectivity index (χ0v) is 12.9. The molecule has 1 unspecified atom stereocenters. The van der Waals surface area contributed by atoms with Crippen molar-refractivity contribution in [2.24, 2.45) is 0 Å². The fourth-order valence-corrected chi connectivity index (χ4v) is 2.61. The molecule has 0 spiro atoms. The number of nitrogens with one attached hydrogen (secondary N) is 1. The monoisotopic (exact) mass is 311 g/mol. The molecule has 0 bridgehead atoms. The van der Waals surface area contributed by atoms with Gasteiger partial charge in [-0.25, -0.2) is 4.79 Å². The van der Waals surface area contributed by atoms with Crippen LogP contribution in [0.25, 0.3) is 0 Å². The standard InChI is InChI=1S/C15H21NO4S/c1-20-10-5-8-13(15(18)19)16-14(17)9-11-21-12-6-3-2-4-7-12/h2-4,6-7,13H,5,8-11H2,1H3,(H,16,17)(H,18,19). The van der Waals surface area contributed by atoms with Gasteiger partial charge in [0.2, 0.25) is 5.91 Å². The van der Waals surface area contributed by atoms with Gasteiger partial charge >= 0.3 is 5.97 Å². The minimum absolute atomic E-state index is 0.233. The van der Waals surface area contributed by atoms with Crippen LogP contribution in [0, 0.1) is 0 Å². The van der Waals surface area contributed by atoms with Gasteiger partial charge in [0, 0.05) is 30.8 Å². The zero-order valence-electron chi connectivity index (χ0n) is 12.1. The van der Waals surface area contributed by atoms with E-state index in [1.807, 2.05) is 30.3 Å². The molecule has 1 amide bonds. The molecule has 0 heterocycles. The van der Waals surface area contributed by atoms with Crippen LogP contribution in [0.3, 0.4) is 0 Å². The number of carboxylic acid groups (broad SMARTS) is 1. The Labute approximate surface area is 129 Å². The Bertz CT molecular complexity index is 439. The molecule has 116 valence electrons. The van der Waals surface area contributed by atoms with Crippen LogP contribution in [0.2, 0.25) is 0 Å². The Hall–Kier alpha value is -1.53. The van der Waals surface area contributed by atoms with Crippen LogP contribution in [0.15, 0.2) is 35.2 Å². The smallest absolute Gasteiger partial charge is 0.326 e. The van der Waals surface area contributed by atoms with E-state index >= 15 is 0 Å². The molecule has 0 aliphatic carbocycles. The van der Waals surface area contributed by atoms with Gasteiger partial charge < -0.3 is 15.2 Å². The number of methoxy groups -OCH3 is 1. The molecule has 0 saturated carbocycles. The van der Waals surface area contributed by atoms with Gasteiger partial charge in [-0.15, -0.1) is 11.8 Å². The van der Waals surface area contributed by atoms with Gasteiger partial charge in [0.05, 0.1) is 0 Å². The summed E-state index contributed by atoms with van der Waals surface area (Å²) < 4.78 is 4.88. The van der Waals surface area contributed by atoms with Gasteiger partial charge in [-0.05, 0) is 25.0 Å². The van der Waals surface area contributed by atoms with Crippen LogP contribution in [0.1, 0.15) is 19.3 Å². The maximum absolute atomic E-state index is 11.8.